The van der Waals surface area contributed by atoms with Crippen molar-refractivity contribution in [2.75, 3.05) is 38.2 Å². The number of amides is 1. The molecule has 3 aromatic rings. The van der Waals surface area contributed by atoms with Crippen LogP contribution in [-0.2, 0) is 4.79 Å². The van der Waals surface area contributed by atoms with E-state index in [2.05, 4.69) is 15.4 Å². The van der Waals surface area contributed by atoms with Gasteiger partial charge < -0.3 is 15.0 Å². The number of benzene rings is 1. The summed E-state index contributed by atoms with van der Waals surface area (Å²) in [6, 6.07) is 9.46. The fourth-order valence-corrected chi connectivity index (χ4v) is 3.12. The number of anilines is 1. The van der Waals surface area contributed by atoms with Gasteiger partial charge in [0.05, 0.1) is 12.7 Å². The van der Waals surface area contributed by atoms with Crippen molar-refractivity contribution in [3.63, 3.8) is 0 Å². The number of ether oxygens (including phenoxy) is 1. The Morgan fingerprint density at radius 2 is 2.22 bits per heavy atom. The molecule has 1 amide bonds. The molecule has 0 atom stereocenters. The van der Waals surface area contributed by atoms with Crippen LogP contribution in [0.25, 0.3) is 16.8 Å². The Labute approximate surface area is 155 Å². The van der Waals surface area contributed by atoms with Crippen molar-refractivity contribution in [1.29, 1.82) is 0 Å². The molecule has 7 nitrogen and oxygen atoms in total. The third-order valence-corrected chi connectivity index (χ3v) is 4.50. The molecule has 2 aromatic heterocycles. The molecule has 8 heteroatoms. The van der Waals surface area contributed by atoms with E-state index in [1.54, 1.807) is 10.7 Å². The van der Waals surface area contributed by atoms with Gasteiger partial charge in [-0.3, -0.25) is 4.79 Å². The summed E-state index contributed by atoms with van der Waals surface area (Å²) in [7, 11) is 0. The van der Waals surface area contributed by atoms with Crippen molar-refractivity contribution in [2.45, 2.75) is 6.42 Å². The normalized spacial score (nSPS) is 15.1. The van der Waals surface area contributed by atoms with E-state index in [1.165, 1.54) is 4.90 Å². The van der Waals surface area contributed by atoms with Gasteiger partial charge in [0.25, 0.3) is 0 Å². The van der Waals surface area contributed by atoms with Crippen LogP contribution in [0.2, 0.25) is 0 Å². The number of carbonyl (C=O) groups excluding carboxylic acids is 1. The Balaban J connectivity index is 1.71. The van der Waals surface area contributed by atoms with E-state index in [0.29, 0.717) is 31.3 Å². The summed E-state index contributed by atoms with van der Waals surface area (Å²) < 4.78 is 20.3. The molecule has 0 radical (unpaired) electrons. The van der Waals surface area contributed by atoms with Crippen molar-refractivity contribution >= 4 is 17.4 Å². The lowest BCUT2D eigenvalue weighted by Gasteiger charge is -2.21. The van der Waals surface area contributed by atoms with Gasteiger partial charge in [0.1, 0.15) is 24.8 Å². The van der Waals surface area contributed by atoms with Gasteiger partial charge in [0.15, 0.2) is 5.65 Å². The molecule has 0 saturated heterocycles. The molecule has 27 heavy (non-hydrogen) atoms. The Hall–Kier alpha value is -3.16. The van der Waals surface area contributed by atoms with Crippen LogP contribution in [0.15, 0.2) is 42.7 Å². The second-order valence-corrected chi connectivity index (χ2v) is 6.26. The van der Waals surface area contributed by atoms with Gasteiger partial charge in [-0.25, -0.2) is 13.9 Å². The highest BCUT2D eigenvalue weighted by molar-refractivity contribution is 5.79. The molecular weight excluding hydrogens is 349 g/mol. The number of halogens is 1. The Bertz CT molecular complexity index is 958. The number of fused-ring (bicyclic) bond motifs is 4. The van der Waals surface area contributed by atoms with Crippen molar-refractivity contribution in [1.82, 2.24) is 19.5 Å². The van der Waals surface area contributed by atoms with Crippen LogP contribution in [0, 0.1) is 0 Å². The van der Waals surface area contributed by atoms with Crippen molar-refractivity contribution in [3.05, 3.63) is 42.7 Å². The summed E-state index contributed by atoms with van der Waals surface area (Å²) in [6.45, 7) is 0.568. The molecule has 1 aliphatic heterocycles. The zero-order valence-electron chi connectivity index (χ0n) is 14.8. The van der Waals surface area contributed by atoms with Crippen LogP contribution in [-0.4, -0.2) is 58.3 Å². The fraction of sp³-hybridized carbons (Fsp3) is 0.316. The van der Waals surface area contributed by atoms with Crippen LogP contribution < -0.4 is 10.1 Å². The van der Waals surface area contributed by atoms with Gasteiger partial charge >= 0.3 is 0 Å². The first-order valence-electron chi connectivity index (χ1n) is 8.90. The van der Waals surface area contributed by atoms with Gasteiger partial charge in [-0.2, -0.15) is 5.10 Å². The molecular formula is C19H20FN5O2. The lowest BCUT2D eigenvalue weighted by Crippen LogP contribution is -2.37. The zero-order valence-corrected chi connectivity index (χ0v) is 14.8. The number of carbonyl (C=O) groups is 1. The number of alkyl halides is 1. The van der Waals surface area contributed by atoms with Crippen LogP contribution in [0.3, 0.4) is 0 Å². The summed E-state index contributed by atoms with van der Waals surface area (Å²) in [5, 5.41) is 7.51. The maximum absolute atomic E-state index is 12.8. The first-order valence-corrected chi connectivity index (χ1v) is 8.90. The SMILES string of the molecule is O=C1CCNc2ccn3ncc(c3n2)-c2cccc(c2)OCCN1CCF. The highest BCUT2D eigenvalue weighted by Gasteiger charge is 2.15. The van der Waals surface area contributed by atoms with Crippen molar-refractivity contribution < 1.29 is 13.9 Å². The number of rotatable bonds is 2. The highest BCUT2D eigenvalue weighted by atomic mass is 19.1. The molecule has 0 spiro atoms. The molecule has 140 valence electrons. The third-order valence-electron chi connectivity index (χ3n) is 4.50. The molecule has 0 saturated carbocycles. The number of aromatic nitrogens is 3. The van der Waals surface area contributed by atoms with Gasteiger partial charge in [-0.1, -0.05) is 12.1 Å². The largest absolute Gasteiger partial charge is 0.492 e. The fourth-order valence-electron chi connectivity index (χ4n) is 3.12. The molecule has 0 fully saturated rings. The van der Waals surface area contributed by atoms with E-state index in [9.17, 15) is 9.18 Å². The quantitative estimate of drug-likeness (QED) is 0.751. The van der Waals surface area contributed by atoms with Crippen LogP contribution in [0.4, 0.5) is 10.2 Å². The van der Waals surface area contributed by atoms with Crippen LogP contribution >= 0.6 is 0 Å². The number of hydrogen-bond donors (Lipinski definition) is 1. The van der Waals surface area contributed by atoms with Gasteiger partial charge in [-0.15, -0.1) is 0 Å². The smallest absolute Gasteiger partial charge is 0.224 e. The molecule has 4 bridgehead atoms. The predicted octanol–water partition coefficient (Wildman–Crippen LogP) is 2.39. The van der Waals surface area contributed by atoms with Gasteiger partial charge in [0, 0.05) is 31.3 Å². The second kappa shape index (κ2) is 7.61. The topological polar surface area (TPSA) is 71.8 Å². The zero-order chi connectivity index (χ0) is 18.6. The molecule has 0 unspecified atom stereocenters. The van der Waals surface area contributed by atoms with Crippen LogP contribution in [0.5, 0.6) is 5.75 Å². The monoisotopic (exact) mass is 369 g/mol. The molecule has 4 rings (SSSR count). The molecule has 3 heterocycles. The van der Waals surface area contributed by atoms with Crippen LogP contribution in [0.1, 0.15) is 6.42 Å². The van der Waals surface area contributed by atoms with E-state index in [-0.39, 0.29) is 18.9 Å². The minimum absolute atomic E-state index is 0.0738. The maximum Gasteiger partial charge on any atom is 0.224 e. The summed E-state index contributed by atoms with van der Waals surface area (Å²) in [5.41, 5.74) is 2.56. The Morgan fingerprint density at radius 3 is 3.11 bits per heavy atom. The predicted molar refractivity (Wildman–Crippen MR) is 99.6 cm³/mol. The average Bonchev–Trinajstić information content (AvgIpc) is 3.10. The van der Waals surface area contributed by atoms with E-state index < -0.39 is 6.67 Å². The number of hydrogen-bond acceptors (Lipinski definition) is 5. The lowest BCUT2D eigenvalue weighted by molar-refractivity contribution is -0.131. The molecule has 1 aliphatic rings. The number of nitrogens with one attached hydrogen (secondary N) is 1. The Kier molecular flexibility index (Phi) is 4.86. The lowest BCUT2D eigenvalue weighted by atomic mass is 10.1. The number of nitrogens with zero attached hydrogens (tertiary/aromatic N) is 4. The Morgan fingerprint density at radius 1 is 1.30 bits per heavy atom. The third kappa shape index (κ3) is 3.69. The first kappa shape index (κ1) is 17.3. The standard InChI is InChI=1S/C19H20FN5O2/c20-6-9-24-10-11-27-15-3-1-2-14(12-15)16-13-22-25-8-5-17(23-19(16)25)21-7-4-18(24)26/h1-3,5,8,12-13H,4,6-7,9-11H2,(H,21,23). The summed E-state index contributed by atoms with van der Waals surface area (Å²) in [4.78, 5) is 18.5. The molecule has 1 aromatic carbocycles. The van der Waals surface area contributed by atoms with Crippen molar-refractivity contribution in [3.8, 4) is 16.9 Å². The minimum Gasteiger partial charge on any atom is -0.492 e. The van der Waals surface area contributed by atoms with Gasteiger partial charge in [-0.05, 0) is 23.8 Å². The van der Waals surface area contributed by atoms with E-state index >= 15 is 0 Å². The van der Waals surface area contributed by atoms with Crippen molar-refractivity contribution in [2.24, 2.45) is 0 Å². The summed E-state index contributed by atoms with van der Waals surface area (Å²) >= 11 is 0. The summed E-state index contributed by atoms with van der Waals surface area (Å²) in [5.74, 6) is 1.23. The second-order valence-electron chi connectivity index (χ2n) is 6.26. The first-order chi connectivity index (χ1) is 13.2. The maximum atomic E-state index is 12.8. The molecule has 0 aliphatic carbocycles. The van der Waals surface area contributed by atoms with E-state index in [1.807, 2.05) is 36.5 Å². The van der Waals surface area contributed by atoms with E-state index in [4.69, 9.17) is 4.74 Å². The van der Waals surface area contributed by atoms with E-state index in [0.717, 1.165) is 16.8 Å². The van der Waals surface area contributed by atoms with Gasteiger partial charge in [0.2, 0.25) is 5.91 Å². The minimum atomic E-state index is -0.574. The molecule has 1 N–H and O–H groups in total. The average molecular weight is 369 g/mol. The highest BCUT2D eigenvalue weighted by Crippen LogP contribution is 2.27. The summed E-state index contributed by atoms with van der Waals surface area (Å²) in [6.07, 6.45) is 3.85.